The van der Waals surface area contributed by atoms with Crippen molar-refractivity contribution in [3.05, 3.63) is 23.5 Å². The zero-order valence-corrected chi connectivity index (χ0v) is 6.02. The van der Waals surface area contributed by atoms with Gasteiger partial charge in [0.1, 0.15) is 5.69 Å². The van der Waals surface area contributed by atoms with Crippen molar-refractivity contribution in [1.29, 1.82) is 0 Å². The van der Waals surface area contributed by atoms with Gasteiger partial charge in [0.2, 0.25) is 0 Å². The summed E-state index contributed by atoms with van der Waals surface area (Å²) in [7, 11) is 0. The minimum atomic E-state index is -1.26. The maximum atomic E-state index is 10.8. The van der Waals surface area contributed by atoms with E-state index in [0.29, 0.717) is 4.73 Å². The summed E-state index contributed by atoms with van der Waals surface area (Å²) in [6.07, 6.45) is -0.0737. The fourth-order valence-corrected chi connectivity index (χ4v) is 0.723. The van der Waals surface area contributed by atoms with Crippen molar-refractivity contribution in [2.45, 2.75) is 0 Å². The second-order valence-corrected chi connectivity index (χ2v) is 2.06. The van der Waals surface area contributed by atoms with E-state index in [1.165, 1.54) is 18.3 Å². The smallest absolute Gasteiger partial charge is 0.409 e. The fourth-order valence-electron chi connectivity index (χ4n) is 0.723. The van der Waals surface area contributed by atoms with E-state index in [2.05, 4.69) is 0 Å². The SMILES string of the molecule is Nc1c(NC(=O)O)ccc[n+]1[O-]. The summed E-state index contributed by atoms with van der Waals surface area (Å²) in [4.78, 5) is 10.2. The van der Waals surface area contributed by atoms with E-state index in [1.807, 2.05) is 5.32 Å². The average molecular weight is 169 g/mol. The molecule has 64 valence electrons. The van der Waals surface area contributed by atoms with Crippen LogP contribution < -0.4 is 15.8 Å². The Morgan fingerprint density at radius 1 is 1.75 bits per heavy atom. The molecule has 12 heavy (non-hydrogen) atoms. The minimum Gasteiger partial charge on any atom is -0.711 e. The Morgan fingerprint density at radius 3 is 3.00 bits per heavy atom. The van der Waals surface area contributed by atoms with Gasteiger partial charge < -0.3 is 10.3 Å². The van der Waals surface area contributed by atoms with Gasteiger partial charge in [0.25, 0.3) is 5.82 Å². The Labute approximate surface area is 67.8 Å². The third-order valence-electron chi connectivity index (χ3n) is 1.24. The van der Waals surface area contributed by atoms with Crippen LogP contribution in [0.3, 0.4) is 0 Å². The second-order valence-electron chi connectivity index (χ2n) is 2.06. The normalized spacial score (nSPS) is 9.33. The highest BCUT2D eigenvalue weighted by Crippen LogP contribution is 2.11. The van der Waals surface area contributed by atoms with Gasteiger partial charge in [-0.1, -0.05) is 0 Å². The number of carboxylic acid groups (broad SMARTS) is 1. The van der Waals surface area contributed by atoms with Crippen LogP contribution in [0.2, 0.25) is 0 Å². The standard InChI is InChI=1S/C6H7N3O3/c7-5-4(8-6(10)11)2-1-3-9(5)12/h1-3,8H,7H2,(H,10,11). The van der Waals surface area contributed by atoms with E-state index in [9.17, 15) is 10.0 Å². The molecule has 0 fully saturated rings. The zero-order chi connectivity index (χ0) is 9.14. The van der Waals surface area contributed by atoms with Crippen LogP contribution in [0.1, 0.15) is 0 Å². The van der Waals surface area contributed by atoms with Gasteiger partial charge in [-0.3, -0.25) is 11.1 Å². The Bertz CT molecular complexity index is 313. The highest BCUT2D eigenvalue weighted by atomic mass is 16.5. The van der Waals surface area contributed by atoms with Gasteiger partial charge in [-0.05, 0) is 12.1 Å². The van der Waals surface area contributed by atoms with Crippen molar-refractivity contribution in [2.24, 2.45) is 0 Å². The molecular formula is C6H7N3O3. The first-order chi connectivity index (χ1) is 5.61. The molecule has 1 rings (SSSR count). The lowest BCUT2D eigenvalue weighted by molar-refractivity contribution is -0.589. The van der Waals surface area contributed by atoms with Crippen molar-refractivity contribution in [1.82, 2.24) is 0 Å². The van der Waals surface area contributed by atoms with Gasteiger partial charge in [-0.15, -0.1) is 0 Å². The summed E-state index contributed by atoms with van der Waals surface area (Å²) in [5, 5.41) is 21.1. The minimum absolute atomic E-state index is 0.0833. The van der Waals surface area contributed by atoms with E-state index in [-0.39, 0.29) is 11.5 Å². The van der Waals surface area contributed by atoms with E-state index >= 15 is 0 Å². The Balaban J connectivity index is 3.00. The Morgan fingerprint density at radius 2 is 2.42 bits per heavy atom. The molecule has 1 aromatic rings. The number of anilines is 2. The van der Waals surface area contributed by atoms with Crippen LogP contribution in [0.15, 0.2) is 18.3 Å². The molecule has 0 saturated heterocycles. The van der Waals surface area contributed by atoms with Crippen molar-refractivity contribution in [2.75, 3.05) is 11.1 Å². The maximum Gasteiger partial charge on any atom is 0.409 e. The molecule has 1 heterocycles. The summed E-state index contributed by atoms with van der Waals surface area (Å²) >= 11 is 0. The van der Waals surface area contributed by atoms with Gasteiger partial charge in [-0.2, -0.15) is 0 Å². The van der Waals surface area contributed by atoms with Gasteiger partial charge in [0.05, 0.1) is 6.20 Å². The molecular weight excluding hydrogens is 162 g/mol. The van der Waals surface area contributed by atoms with Crippen LogP contribution in [-0.2, 0) is 0 Å². The number of aromatic nitrogens is 1. The molecule has 0 aliphatic carbocycles. The third kappa shape index (κ3) is 1.54. The summed E-state index contributed by atoms with van der Waals surface area (Å²) in [6, 6.07) is 2.80. The number of nitrogen functional groups attached to an aromatic ring is 1. The van der Waals surface area contributed by atoms with Crippen molar-refractivity contribution in [3.63, 3.8) is 0 Å². The zero-order valence-electron chi connectivity index (χ0n) is 6.02. The van der Waals surface area contributed by atoms with Gasteiger partial charge in [0, 0.05) is 0 Å². The van der Waals surface area contributed by atoms with Crippen molar-refractivity contribution in [3.8, 4) is 0 Å². The molecule has 0 spiro atoms. The molecule has 0 bridgehead atoms. The number of hydrogen-bond donors (Lipinski definition) is 3. The molecule has 0 atom stereocenters. The van der Waals surface area contributed by atoms with Crippen LogP contribution >= 0.6 is 0 Å². The second kappa shape index (κ2) is 2.95. The monoisotopic (exact) mass is 169 g/mol. The lowest BCUT2D eigenvalue weighted by Crippen LogP contribution is -2.31. The van der Waals surface area contributed by atoms with Gasteiger partial charge in [0.15, 0.2) is 0 Å². The fraction of sp³-hybridized carbons (Fsp3) is 0. The number of hydrogen-bond acceptors (Lipinski definition) is 3. The van der Waals surface area contributed by atoms with Crippen molar-refractivity contribution < 1.29 is 14.6 Å². The summed E-state index contributed by atoms with van der Waals surface area (Å²) in [6.45, 7) is 0. The van der Waals surface area contributed by atoms with Crippen LogP contribution in [0.4, 0.5) is 16.3 Å². The summed E-state index contributed by atoms with van der Waals surface area (Å²) < 4.78 is 0.380. The first-order valence-electron chi connectivity index (χ1n) is 3.09. The first-order valence-corrected chi connectivity index (χ1v) is 3.09. The number of nitrogens with one attached hydrogen (secondary N) is 1. The van der Waals surface area contributed by atoms with E-state index < -0.39 is 6.09 Å². The van der Waals surface area contributed by atoms with Crippen molar-refractivity contribution >= 4 is 17.6 Å². The average Bonchev–Trinajstić information content (AvgIpc) is 1.98. The molecule has 1 amide bonds. The molecule has 6 heteroatoms. The van der Waals surface area contributed by atoms with E-state index in [4.69, 9.17) is 10.8 Å². The highest BCUT2D eigenvalue weighted by Gasteiger charge is 2.07. The number of carbonyl (C=O) groups is 1. The lowest BCUT2D eigenvalue weighted by atomic mass is 10.4. The number of nitrogens with two attached hydrogens (primary N) is 1. The molecule has 1 aromatic heterocycles. The quantitative estimate of drug-likeness (QED) is 0.406. The third-order valence-corrected chi connectivity index (χ3v) is 1.24. The molecule has 6 nitrogen and oxygen atoms in total. The van der Waals surface area contributed by atoms with E-state index in [1.54, 1.807) is 0 Å². The van der Waals surface area contributed by atoms with Crippen LogP contribution in [0.5, 0.6) is 0 Å². The first kappa shape index (κ1) is 8.12. The molecule has 0 aliphatic heterocycles. The van der Waals surface area contributed by atoms with E-state index in [0.717, 1.165) is 0 Å². The van der Waals surface area contributed by atoms with Gasteiger partial charge >= 0.3 is 6.09 Å². The van der Waals surface area contributed by atoms with Crippen LogP contribution in [-0.4, -0.2) is 11.2 Å². The highest BCUT2D eigenvalue weighted by molar-refractivity contribution is 5.85. The van der Waals surface area contributed by atoms with Crippen LogP contribution in [0, 0.1) is 5.21 Å². The lowest BCUT2D eigenvalue weighted by Gasteiger charge is -2.07. The maximum absolute atomic E-state index is 10.8. The Hall–Kier alpha value is -1.98. The Kier molecular flexibility index (Phi) is 2.00. The number of nitrogens with zero attached hydrogens (tertiary/aromatic N) is 1. The summed E-state index contributed by atoms with van der Waals surface area (Å²) in [5.74, 6) is -0.167. The topological polar surface area (TPSA) is 102 Å². The van der Waals surface area contributed by atoms with Gasteiger partial charge in [-0.25, -0.2) is 9.52 Å². The predicted octanol–water partition coefficient (Wildman–Crippen LogP) is -0.00790. The largest absolute Gasteiger partial charge is 0.711 e. The molecule has 0 aliphatic rings. The number of pyridine rings is 1. The molecule has 0 aromatic carbocycles. The van der Waals surface area contributed by atoms with Crippen LogP contribution in [0.25, 0.3) is 0 Å². The molecule has 0 saturated carbocycles. The summed E-state index contributed by atoms with van der Waals surface area (Å²) in [5.41, 5.74) is 5.34. The molecule has 4 N–H and O–H groups in total. The molecule has 0 unspecified atom stereocenters. The predicted molar refractivity (Wildman–Crippen MR) is 41.5 cm³/mol. The number of amides is 1. The number of rotatable bonds is 1. The molecule has 0 radical (unpaired) electrons.